The van der Waals surface area contributed by atoms with Gasteiger partial charge in [0.05, 0.1) is 17.8 Å². The molecule has 0 aromatic carbocycles. The van der Waals surface area contributed by atoms with Crippen LogP contribution >= 0.6 is 0 Å². The van der Waals surface area contributed by atoms with Gasteiger partial charge in [0.25, 0.3) is 5.91 Å². The summed E-state index contributed by atoms with van der Waals surface area (Å²) in [6, 6.07) is 5.29. The van der Waals surface area contributed by atoms with Crippen molar-refractivity contribution < 1.29 is 4.79 Å². The number of nitrogens with zero attached hydrogens (tertiary/aromatic N) is 3. The standard InChI is InChI=1S/C15H19N5O/c1-3-7-17-14-13(5-4-8-18-14)15(21)19-10-12-6-9-16-11(2)20-12/h4-6,8-9H,3,7,10H2,1-2H3,(H,17,18)(H,19,21). The molecule has 6 nitrogen and oxygen atoms in total. The van der Waals surface area contributed by atoms with Gasteiger partial charge in [0.2, 0.25) is 0 Å². The third-order valence-corrected chi connectivity index (χ3v) is 2.86. The summed E-state index contributed by atoms with van der Waals surface area (Å²) in [6.07, 6.45) is 4.32. The van der Waals surface area contributed by atoms with Gasteiger partial charge in [-0.1, -0.05) is 6.92 Å². The number of aryl methyl sites for hydroxylation is 1. The van der Waals surface area contributed by atoms with Gasteiger partial charge in [-0.3, -0.25) is 4.79 Å². The summed E-state index contributed by atoms with van der Waals surface area (Å²) in [4.78, 5) is 24.7. The molecule has 0 aliphatic heterocycles. The van der Waals surface area contributed by atoms with Gasteiger partial charge >= 0.3 is 0 Å². The van der Waals surface area contributed by atoms with E-state index in [-0.39, 0.29) is 5.91 Å². The van der Waals surface area contributed by atoms with Crippen molar-refractivity contribution in [1.29, 1.82) is 0 Å². The lowest BCUT2D eigenvalue weighted by Gasteiger charge is -2.10. The second kappa shape index (κ2) is 7.33. The van der Waals surface area contributed by atoms with Crippen LogP contribution in [0.15, 0.2) is 30.6 Å². The Morgan fingerprint density at radius 2 is 2.10 bits per heavy atom. The summed E-state index contributed by atoms with van der Waals surface area (Å²) >= 11 is 0. The molecule has 6 heteroatoms. The highest BCUT2D eigenvalue weighted by Crippen LogP contribution is 2.11. The van der Waals surface area contributed by atoms with E-state index >= 15 is 0 Å². The van der Waals surface area contributed by atoms with E-state index in [1.807, 2.05) is 6.92 Å². The minimum absolute atomic E-state index is 0.169. The zero-order valence-corrected chi connectivity index (χ0v) is 12.3. The van der Waals surface area contributed by atoms with Crippen LogP contribution in [0.3, 0.4) is 0 Å². The molecule has 2 rings (SSSR count). The van der Waals surface area contributed by atoms with Crippen LogP contribution in [0.4, 0.5) is 5.82 Å². The molecule has 0 spiro atoms. The molecule has 0 atom stereocenters. The van der Waals surface area contributed by atoms with Gasteiger partial charge in [-0.25, -0.2) is 15.0 Å². The number of hydrogen-bond donors (Lipinski definition) is 2. The predicted molar refractivity (Wildman–Crippen MR) is 81.0 cm³/mol. The van der Waals surface area contributed by atoms with Crippen LogP contribution in [0.5, 0.6) is 0 Å². The van der Waals surface area contributed by atoms with E-state index in [2.05, 4.69) is 32.5 Å². The average Bonchev–Trinajstić information content (AvgIpc) is 2.51. The van der Waals surface area contributed by atoms with E-state index in [1.165, 1.54) is 0 Å². The lowest BCUT2D eigenvalue weighted by atomic mass is 10.2. The van der Waals surface area contributed by atoms with Crippen molar-refractivity contribution in [2.24, 2.45) is 0 Å². The quantitative estimate of drug-likeness (QED) is 0.847. The summed E-state index contributed by atoms with van der Waals surface area (Å²) in [5.74, 6) is 1.13. The Kier molecular flexibility index (Phi) is 5.20. The SMILES string of the molecule is CCCNc1ncccc1C(=O)NCc1ccnc(C)n1. The minimum atomic E-state index is -0.169. The van der Waals surface area contributed by atoms with E-state index in [4.69, 9.17) is 0 Å². The third kappa shape index (κ3) is 4.24. The first kappa shape index (κ1) is 14.9. The second-order valence-corrected chi connectivity index (χ2v) is 4.60. The summed E-state index contributed by atoms with van der Waals surface area (Å²) < 4.78 is 0. The molecular weight excluding hydrogens is 266 g/mol. The van der Waals surface area contributed by atoms with Crippen molar-refractivity contribution in [3.05, 3.63) is 47.7 Å². The maximum absolute atomic E-state index is 12.3. The van der Waals surface area contributed by atoms with Crippen LogP contribution in [-0.2, 0) is 6.54 Å². The van der Waals surface area contributed by atoms with Gasteiger partial charge in [-0.15, -0.1) is 0 Å². The van der Waals surface area contributed by atoms with Crippen LogP contribution in [0, 0.1) is 6.92 Å². The minimum Gasteiger partial charge on any atom is -0.369 e. The molecule has 0 fully saturated rings. The fourth-order valence-corrected chi connectivity index (χ4v) is 1.84. The topological polar surface area (TPSA) is 79.8 Å². The molecule has 0 aliphatic carbocycles. The van der Waals surface area contributed by atoms with Crippen molar-refractivity contribution in [3.8, 4) is 0 Å². The molecule has 1 amide bonds. The lowest BCUT2D eigenvalue weighted by Crippen LogP contribution is -2.25. The van der Waals surface area contributed by atoms with E-state index in [0.29, 0.717) is 23.8 Å². The van der Waals surface area contributed by atoms with Crippen LogP contribution in [0.2, 0.25) is 0 Å². The third-order valence-electron chi connectivity index (χ3n) is 2.86. The molecule has 0 bridgehead atoms. The molecule has 0 saturated heterocycles. The average molecular weight is 285 g/mol. The van der Waals surface area contributed by atoms with Gasteiger partial charge in [0.15, 0.2) is 0 Å². The predicted octanol–water partition coefficient (Wildman–Crippen LogP) is 1.93. The van der Waals surface area contributed by atoms with Gasteiger partial charge in [0.1, 0.15) is 11.6 Å². The largest absolute Gasteiger partial charge is 0.369 e. The number of rotatable bonds is 6. The summed E-state index contributed by atoms with van der Waals surface area (Å²) in [6.45, 7) is 5.03. The van der Waals surface area contributed by atoms with Crippen molar-refractivity contribution in [2.45, 2.75) is 26.8 Å². The van der Waals surface area contributed by atoms with E-state index in [1.54, 1.807) is 30.6 Å². The Bertz CT molecular complexity index is 615. The number of nitrogens with one attached hydrogen (secondary N) is 2. The number of aromatic nitrogens is 3. The molecule has 2 heterocycles. The van der Waals surface area contributed by atoms with E-state index in [0.717, 1.165) is 18.7 Å². The van der Waals surface area contributed by atoms with Crippen LogP contribution < -0.4 is 10.6 Å². The number of carbonyl (C=O) groups is 1. The highest BCUT2D eigenvalue weighted by atomic mass is 16.1. The Balaban J connectivity index is 2.03. The number of anilines is 1. The second-order valence-electron chi connectivity index (χ2n) is 4.60. The molecule has 0 radical (unpaired) electrons. The van der Waals surface area contributed by atoms with E-state index in [9.17, 15) is 4.79 Å². The zero-order valence-electron chi connectivity index (χ0n) is 12.3. The Hall–Kier alpha value is -2.50. The van der Waals surface area contributed by atoms with Crippen LogP contribution in [-0.4, -0.2) is 27.4 Å². The maximum atomic E-state index is 12.3. The van der Waals surface area contributed by atoms with Crippen molar-refractivity contribution in [1.82, 2.24) is 20.3 Å². The van der Waals surface area contributed by atoms with E-state index < -0.39 is 0 Å². The first-order valence-corrected chi connectivity index (χ1v) is 6.96. The monoisotopic (exact) mass is 285 g/mol. The molecular formula is C15H19N5O. The Morgan fingerprint density at radius 1 is 1.24 bits per heavy atom. The smallest absolute Gasteiger partial charge is 0.255 e. The molecule has 2 N–H and O–H groups in total. The van der Waals surface area contributed by atoms with Gasteiger partial charge in [0, 0.05) is 18.9 Å². The van der Waals surface area contributed by atoms with Crippen molar-refractivity contribution in [2.75, 3.05) is 11.9 Å². The zero-order chi connectivity index (χ0) is 15.1. The lowest BCUT2D eigenvalue weighted by molar-refractivity contribution is 0.0951. The number of amides is 1. The highest BCUT2D eigenvalue weighted by Gasteiger charge is 2.11. The molecule has 110 valence electrons. The van der Waals surface area contributed by atoms with Gasteiger partial charge in [-0.2, -0.15) is 0 Å². The molecule has 0 aliphatic rings. The van der Waals surface area contributed by atoms with Crippen molar-refractivity contribution in [3.63, 3.8) is 0 Å². The Labute approximate surface area is 124 Å². The van der Waals surface area contributed by atoms with Gasteiger partial charge in [-0.05, 0) is 31.5 Å². The number of hydrogen-bond acceptors (Lipinski definition) is 5. The highest BCUT2D eigenvalue weighted by molar-refractivity contribution is 5.98. The molecule has 21 heavy (non-hydrogen) atoms. The summed E-state index contributed by atoms with van der Waals surface area (Å²) in [7, 11) is 0. The van der Waals surface area contributed by atoms with Crippen LogP contribution in [0.25, 0.3) is 0 Å². The summed E-state index contributed by atoms with van der Waals surface area (Å²) in [5.41, 5.74) is 1.32. The molecule has 0 saturated carbocycles. The van der Waals surface area contributed by atoms with Crippen molar-refractivity contribution >= 4 is 11.7 Å². The fourth-order valence-electron chi connectivity index (χ4n) is 1.84. The first-order valence-electron chi connectivity index (χ1n) is 6.96. The normalized spacial score (nSPS) is 10.2. The Morgan fingerprint density at radius 3 is 2.86 bits per heavy atom. The molecule has 2 aromatic rings. The summed E-state index contributed by atoms with van der Waals surface area (Å²) in [5, 5.41) is 6.00. The molecule has 2 aromatic heterocycles. The van der Waals surface area contributed by atoms with Crippen LogP contribution in [0.1, 0.15) is 35.2 Å². The maximum Gasteiger partial charge on any atom is 0.255 e. The first-order chi connectivity index (χ1) is 10.2. The van der Waals surface area contributed by atoms with Gasteiger partial charge < -0.3 is 10.6 Å². The number of carbonyl (C=O) groups excluding carboxylic acids is 1. The molecule has 0 unspecified atom stereocenters. The number of pyridine rings is 1. The fraction of sp³-hybridized carbons (Fsp3) is 0.333.